The number of hydrogen-bond donors (Lipinski definition) is 2. The summed E-state index contributed by atoms with van der Waals surface area (Å²) in [5.74, 6) is 1.36. The molecule has 4 nitrogen and oxygen atoms in total. The molecule has 0 aliphatic carbocycles. The Labute approximate surface area is 84.0 Å². The normalized spacial score (nSPS) is 9.71. The van der Waals surface area contributed by atoms with Gasteiger partial charge in [0, 0.05) is 7.05 Å². The highest BCUT2D eigenvalue weighted by Crippen LogP contribution is 2.40. The highest BCUT2D eigenvalue weighted by molar-refractivity contribution is 5.78. The van der Waals surface area contributed by atoms with Crippen LogP contribution in [-0.2, 0) is 0 Å². The highest BCUT2D eigenvalue weighted by Gasteiger charge is 2.14. The van der Waals surface area contributed by atoms with Crippen molar-refractivity contribution in [2.24, 2.45) is 0 Å². The van der Waals surface area contributed by atoms with Gasteiger partial charge in [0.1, 0.15) is 11.4 Å². The number of rotatable bonds is 3. The summed E-state index contributed by atoms with van der Waals surface area (Å²) in [6.07, 6.45) is 0. The molecule has 0 amide bonds. The third-order valence-corrected chi connectivity index (χ3v) is 2.16. The van der Waals surface area contributed by atoms with Crippen LogP contribution in [-0.4, -0.2) is 21.3 Å². The molecular weight excluding hydrogens is 180 g/mol. The molecule has 0 fully saturated rings. The number of ether oxygens (including phenoxy) is 2. The second kappa shape index (κ2) is 4.09. The Morgan fingerprint density at radius 2 is 1.93 bits per heavy atom. The van der Waals surface area contributed by atoms with E-state index in [9.17, 15) is 0 Å². The van der Waals surface area contributed by atoms with E-state index in [1.165, 1.54) is 0 Å². The lowest BCUT2D eigenvalue weighted by Crippen LogP contribution is -2.02. The van der Waals surface area contributed by atoms with Crippen LogP contribution >= 0.6 is 0 Å². The van der Waals surface area contributed by atoms with Gasteiger partial charge in [0.05, 0.1) is 19.9 Å². The minimum Gasteiger partial charge on any atom is -0.494 e. The first-order valence-electron chi connectivity index (χ1n) is 4.34. The molecule has 0 bridgehead atoms. The van der Waals surface area contributed by atoms with Gasteiger partial charge in [0.15, 0.2) is 5.75 Å². The van der Waals surface area contributed by atoms with Crippen molar-refractivity contribution in [1.82, 2.24) is 0 Å². The first-order valence-corrected chi connectivity index (χ1v) is 4.34. The van der Waals surface area contributed by atoms with Crippen molar-refractivity contribution >= 4 is 11.4 Å². The molecule has 1 aromatic rings. The number of nitrogens with two attached hydrogens (primary N) is 1. The van der Waals surface area contributed by atoms with E-state index in [-0.39, 0.29) is 0 Å². The molecule has 14 heavy (non-hydrogen) atoms. The summed E-state index contributed by atoms with van der Waals surface area (Å²) >= 11 is 0. The standard InChI is InChI=1S/C10H16N2O2/c1-6-5-7(13-3)9(12-2)10(14-4)8(6)11/h5,12H,11H2,1-4H3. The molecule has 4 heteroatoms. The van der Waals surface area contributed by atoms with E-state index in [1.807, 2.05) is 13.0 Å². The van der Waals surface area contributed by atoms with Crippen molar-refractivity contribution < 1.29 is 9.47 Å². The Bertz CT molecular complexity index is 337. The molecule has 3 N–H and O–H groups in total. The van der Waals surface area contributed by atoms with Crippen LogP contribution in [0.5, 0.6) is 11.5 Å². The van der Waals surface area contributed by atoms with Crippen molar-refractivity contribution in [3.05, 3.63) is 11.6 Å². The lowest BCUT2D eigenvalue weighted by Gasteiger charge is -2.16. The smallest absolute Gasteiger partial charge is 0.168 e. The summed E-state index contributed by atoms with van der Waals surface area (Å²) in [5, 5.41) is 3.00. The number of methoxy groups -OCH3 is 2. The van der Waals surface area contributed by atoms with Crippen LogP contribution < -0.4 is 20.5 Å². The zero-order valence-corrected chi connectivity index (χ0v) is 8.97. The maximum absolute atomic E-state index is 5.87. The Morgan fingerprint density at radius 1 is 1.29 bits per heavy atom. The zero-order valence-electron chi connectivity index (χ0n) is 8.97. The minimum absolute atomic E-state index is 0.629. The van der Waals surface area contributed by atoms with Crippen LogP contribution in [0.15, 0.2) is 6.07 Å². The van der Waals surface area contributed by atoms with Crippen molar-refractivity contribution in [3.63, 3.8) is 0 Å². The molecule has 0 spiro atoms. The fraction of sp³-hybridized carbons (Fsp3) is 0.400. The van der Waals surface area contributed by atoms with Crippen LogP contribution in [0.4, 0.5) is 11.4 Å². The van der Waals surface area contributed by atoms with E-state index < -0.39 is 0 Å². The quantitative estimate of drug-likeness (QED) is 0.721. The first kappa shape index (κ1) is 10.5. The number of nitrogen functional groups attached to an aromatic ring is 1. The summed E-state index contributed by atoms with van der Waals surface area (Å²) in [5.41, 5.74) is 8.23. The Balaban J connectivity index is 3.42. The van der Waals surface area contributed by atoms with Gasteiger partial charge in [-0.3, -0.25) is 0 Å². The third-order valence-electron chi connectivity index (χ3n) is 2.16. The molecule has 0 unspecified atom stereocenters. The lowest BCUT2D eigenvalue weighted by atomic mass is 10.1. The monoisotopic (exact) mass is 196 g/mol. The van der Waals surface area contributed by atoms with E-state index >= 15 is 0 Å². The molecule has 0 aliphatic heterocycles. The predicted octanol–water partition coefficient (Wildman–Crippen LogP) is 1.64. The Hall–Kier alpha value is -1.58. The largest absolute Gasteiger partial charge is 0.494 e. The highest BCUT2D eigenvalue weighted by atomic mass is 16.5. The Morgan fingerprint density at radius 3 is 2.36 bits per heavy atom. The SMILES string of the molecule is CNc1c(OC)cc(C)c(N)c1OC. The topological polar surface area (TPSA) is 56.5 Å². The van der Waals surface area contributed by atoms with Gasteiger partial charge in [0.25, 0.3) is 0 Å². The van der Waals surface area contributed by atoms with Crippen LogP contribution in [0, 0.1) is 6.92 Å². The molecule has 1 aromatic carbocycles. The molecule has 0 radical (unpaired) electrons. The molecule has 1 rings (SSSR count). The summed E-state index contributed by atoms with van der Waals surface area (Å²) in [7, 11) is 5.01. The summed E-state index contributed by atoms with van der Waals surface area (Å²) in [4.78, 5) is 0. The number of aryl methyl sites for hydroxylation is 1. The van der Waals surface area contributed by atoms with Gasteiger partial charge in [-0.15, -0.1) is 0 Å². The van der Waals surface area contributed by atoms with E-state index in [2.05, 4.69) is 5.32 Å². The summed E-state index contributed by atoms with van der Waals surface area (Å²) in [6.45, 7) is 1.92. The van der Waals surface area contributed by atoms with Gasteiger partial charge in [-0.25, -0.2) is 0 Å². The van der Waals surface area contributed by atoms with Gasteiger partial charge < -0.3 is 20.5 Å². The second-order valence-corrected chi connectivity index (χ2v) is 2.97. The lowest BCUT2D eigenvalue weighted by molar-refractivity contribution is 0.398. The van der Waals surface area contributed by atoms with Crippen molar-refractivity contribution in [2.75, 3.05) is 32.3 Å². The summed E-state index contributed by atoms with van der Waals surface area (Å²) < 4.78 is 10.4. The third kappa shape index (κ3) is 1.55. The predicted molar refractivity (Wildman–Crippen MR) is 58.2 cm³/mol. The van der Waals surface area contributed by atoms with Crippen LogP contribution in [0.1, 0.15) is 5.56 Å². The Kier molecular flexibility index (Phi) is 3.06. The van der Waals surface area contributed by atoms with Crippen molar-refractivity contribution in [3.8, 4) is 11.5 Å². The molecule has 0 saturated heterocycles. The van der Waals surface area contributed by atoms with E-state index in [1.54, 1.807) is 21.3 Å². The molecule has 0 atom stereocenters. The van der Waals surface area contributed by atoms with Gasteiger partial charge >= 0.3 is 0 Å². The maximum Gasteiger partial charge on any atom is 0.168 e. The first-order chi connectivity index (χ1) is 6.65. The second-order valence-electron chi connectivity index (χ2n) is 2.97. The number of benzene rings is 1. The van der Waals surface area contributed by atoms with E-state index in [0.29, 0.717) is 11.4 Å². The fourth-order valence-electron chi connectivity index (χ4n) is 1.38. The number of anilines is 2. The molecule has 78 valence electrons. The number of nitrogens with one attached hydrogen (secondary N) is 1. The van der Waals surface area contributed by atoms with Crippen LogP contribution in [0.3, 0.4) is 0 Å². The maximum atomic E-state index is 5.87. The zero-order chi connectivity index (χ0) is 10.7. The van der Waals surface area contributed by atoms with Crippen LogP contribution in [0.2, 0.25) is 0 Å². The van der Waals surface area contributed by atoms with Crippen LogP contribution in [0.25, 0.3) is 0 Å². The summed E-state index contributed by atoms with van der Waals surface area (Å²) in [6, 6.07) is 1.88. The molecule has 0 aromatic heterocycles. The van der Waals surface area contributed by atoms with Gasteiger partial charge in [-0.1, -0.05) is 0 Å². The average Bonchev–Trinajstić information content (AvgIpc) is 2.20. The molecular formula is C10H16N2O2. The van der Waals surface area contributed by atoms with Gasteiger partial charge in [-0.05, 0) is 18.6 Å². The van der Waals surface area contributed by atoms with Crippen molar-refractivity contribution in [1.29, 1.82) is 0 Å². The minimum atomic E-state index is 0.629. The van der Waals surface area contributed by atoms with E-state index in [0.717, 1.165) is 17.0 Å². The van der Waals surface area contributed by atoms with Gasteiger partial charge in [0.2, 0.25) is 0 Å². The van der Waals surface area contributed by atoms with E-state index in [4.69, 9.17) is 15.2 Å². The average molecular weight is 196 g/mol. The molecule has 0 heterocycles. The van der Waals surface area contributed by atoms with Crippen molar-refractivity contribution in [2.45, 2.75) is 6.92 Å². The molecule has 0 saturated carbocycles. The van der Waals surface area contributed by atoms with Gasteiger partial charge in [-0.2, -0.15) is 0 Å². The molecule has 0 aliphatic rings. The number of hydrogen-bond acceptors (Lipinski definition) is 4. The fourth-order valence-corrected chi connectivity index (χ4v) is 1.38.